The van der Waals surface area contributed by atoms with Crippen LogP contribution in [0.4, 0.5) is 10.5 Å². The first kappa shape index (κ1) is 18.7. The van der Waals surface area contributed by atoms with E-state index in [1.165, 1.54) is 25.3 Å². The van der Waals surface area contributed by atoms with Crippen molar-refractivity contribution in [3.8, 4) is 0 Å². The molecule has 0 spiro atoms. The lowest BCUT2D eigenvalue weighted by Gasteiger charge is -2.13. The second-order valence-electron chi connectivity index (χ2n) is 4.24. The highest BCUT2D eigenvalue weighted by Crippen LogP contribution is 2.23. The fraction of sp³-hybridized carbons (Fsp3) is 0.417. The first-order valence-electron chi connectivity index (χ1n) is 5.74. The number of halogens is 1. The van der Waals surface area contributed by atoms with E-state index in [9.17, 15) is 13.2 Å². The SMILES string of the molecule is COC(=O)Nc1ccc(S(=O)(=O)C(C)C)c(CN)c1.Cl. The molecule has 0 heterocycles. The number of ether oxygens (including phenoxy) is 1. The molecular formula is C12H19ClN2O4S. The van der Waals surface area contributed by atoms with Crippen molar-refractivity contribution in [2.24, 2.45) is 5.73 Å². The van der Waals surface area contributed by atoms with Crippen molar-refractivity contribution in [3.05, 3.63) is 23.8 Å². The number of rotatable bonds is 4. The van der Waals surface area contributed by atoms with Gasteiger partial charge >= 0.3 is 6.09 Å². The smallest absolute Gasteiger partial charge is 0.411 e. The van der Waals surface area contributed by atoms with Crippen LogP contribution in [0.3, 0.4) is 0 Å². The monoisotopic (exact) mass is 322 g/mol. The summed E-state index contributed by atoms with van der Waals surface area (Å²) in [6.45, 7) is 3.28. The van der Waals surface area contributed by atoms with Crippen LogP contribution in [-0.4, -0.2) is 26.9 Å². The molecule has 6 nitrogen and oxygen atoms in total. The van der Waals surface area contributed by atoms with E-state index < -0.39 is 21.2 Å². The number of nitrogens with two attached hydrogens (primary N) is 1. The number of carbonyl (C=O) groups is 1. The molecular weight excluding hydrogens is 304 g/mol. The van der Waals surface area contributed by atoms with Gasteiger partial charge in [-0.1, -0.05) is 0 Å². The van der Waals surface area contributed by atoms with E-state index >= 15 is 0 Å². The Labute approximate surface area is 125 Å². The number of hydrogen-bond acceptors (Lipinski definition) is 5. The molecule has 0 aliphatic carbocycles. The number of methoxy groups -OCH3 is 1. The summed E-state index contributed by atoms with van der Waals surface area (Å²) in [5.41, 5.74) is 6.47. The van der Waals surface area contributed by atoms with Crippen molar-refractivity contribution in [2.45, 2.75) is 30.5 Å². The first-order valence-corrected chi connectivity index (χ1v) is 7.29. The standard InChI is InChI=1S/C12H18N2O4S.ClH/c1-8(2)19(16,17)11-5-4-10(6-9(11)7-13)14-12(15)18-3;/h4-6,8H,7,13H2,1-3H3,(H,14,15);1H. The second kappa shape index (κ2) is 7.47. The number of benzene rings is 1. The second-order valence-corrected chi connectivity index (χ2v) is 6.71. The van der Waals surface area contributed by atoms with Crippen LogP contribution in [-0.2, 0) is 21.1 Å². The van der Waals surface area contributed by atoms with Crippen LogP contribution in [0.25, 0.3) is 0 Å². The molecule has 1 aromatic rings. The summed E-state index contributed by atoms with van der Waals surface area (Å²) in [6.07, 6.45) is -0.623. The maximum Gasteiger partial charge on any atom is 0.411 e. The number of amides is 1. The quantitative estimate of drug-likeness (QED) is 0.882. The van der Waals surface area contributed by atoms with E-state index in [4.69, 9.17) is 5.73 Å². The third kappa shape index (κ3) is 4.09. The Balaban J connectivity index is 0.00000361. The fourth-order valence-corrected chi connectivity index (χ4v) is 2.79. The Kier molecular flexibility index (Phi) is 6.98. The van der Waals surface area contributed by atoms with E-state index in [2.05, 4.69) is 10.1 Å². The highest BCUT2D eigenvalue weighted by molar-refractivity contribution is 7.92. The normalized spacial score (nSPS) is 10.8. The molecule has 0 aliphatic rings. The number of anilines is 1. The van der Waals surface area contributed by atoms with Gasteiger partial charge in [-0.2, -0.15) is 0 Å². The molecule has 0 fully saturated rings. The molecule has 0 atom stereocenters. The van der Waals surface area contributed by atoms with E-state index in [1.807, 2.05) is 0 Å². The molecule has 0 bridgehead atoms. The van der Waals surface area contributed by atoms with Crippen LogP contribution in [0.1, 0.15) is 19.4 Å². The predicted molar refractivity (Wildman–Crippen MR) is 79.9 cm³/mol. The van der Waals surface area contributed by atoms with Crippen molar-refractivity contribution >= 4 is 34.0 Å². The van der Waals surface area contributed by atoms with Crippen LogP contribution in [0.2, 0.25) is 0 Å². The molecule has 0 aromatic heterocycles. The minimum Gasteiger partial charge on any atom is -0.453 e. The van der Waals surface area contributed by atoms with Crippen LogP contribution < -0.4 is 11.1 Å². The molecule has 1 rings (SSSR count). The zero-order valence-corrected chi connectivity index (χ0v) is 13.2. The van der Waals surface area contributed by atoms with Gasteiger partial charge in [-0.25, -0.2) is 13.2 Å². The number of nitrogens with one attached hydrogen (secondary N) is 1. The summed E-state index contributed by atoms with van der Waals surface area (Å²) in [5.74, 6) is 0. The minimum atomic E-state index is -3.39. The number of sulfone groups is 1. The molecule has 1 amide bonds. The summed E-state index contributed by atoms with van der Waals surface area (Å²) in [6, 6.07) is 4.49. The zero-order chi connectivity index (χ0) is 14.6. The lowest BCUT2D eigenvalue weighted by atomic mass is 10.2. The van der Waals surface area contributed by atoms with Crippen LogP contribution in [0.15, 0.2) is 23.1 Å². The first-order chi connectivity index (χ1) is 8.82. The Morgan fingerprint density at radius 2 is 2.00 bits per heavy atom. The third-order valence-corrected chi connectivity index (χ3v) is 4.89. The van der Waals surface area contributed by atoms with Gasteiger partial charge in [-0.15, -0.1) is 12.4 Å². The number of hydrogen-bond donors (Lipinski definition) is 2. The summed E-state index contributed by atoms with van der Waals surface area (Å²) < 4.78 is 28.7. The topological polar surface area (TPSA) is 98.5 Å². The zero-order valence-electron chi connectivity index (χ0n) is 11.5. The highest BCUT2D eigenvalue weighted by atomic mass is 35.5. The Morgan fingerprint density at radius 1 is 1.40 bits per heavy atom. The fourth-order valence-electron chi connectivity index (χ4n) is 1.52. The van der Waals surface area contributed by atoms with Gasteiger partial charge in [0.1, 0.15) is 0 Å². The molecule has 0 unspecified atom stereocenters. The maximum absolute atomic E-state index is 12.1. The molecule has 0 saturated heterocycles. The molecule has 114 valence electrons. The third-order valence-electron chi connectivity index (χ3n) is 2.64. The van der Waals surface area contributed by atoms with Gasteiger partial charge in [0.25, 0.3) is 0 Å². The Hall–Kier alpha value is -1.31. The van der Waals surface area contributed by atoms with Crippen molar-refractivity contribution < 1.29 is 17.9 Å². The summed E-state index contributed by atoms with van der Waals surface area (Å²) in [7, 11) is -2.15. The molecule has 8 heteroatoms. The summed E-state index contributed by atoms with van der Waals surface area (Å²) in [5, 5.41) is 1.93. The summed E-state index contributed by atoms with van der Waals surface area (Å²) in [4.78, 5) is 11.3. The van der Waals surface area contributed by atoms with Crippen molar-refractivity contribution in [3.63, 3.8) is 0 Å². The van der Waals surface area contributed by atoms with E-state index in [0.29, 0.717) is 11.3 Å². The Morgan fingerprint density at radius 3 is 2.45 bits per heavy atom. The molecule has 0 saturated carbocycles. The average Bonchev–Trinajstić information content (AvgIpc) is 2.37. The molecule has 1 aromatic carbocycles. The van der Waals surface area contributed by atoms with Gasteiger partial charge < -0.3 is 10.5 Å². The van der Waals surface area contributed by atoms with Crippen LogP contribution in [0.5, 0.6) is 0 Å². The predicted octanol–water partition coefficient (Wildman–Crippen LogP) is 1.93. The van der Waals surface area contributed by atoms with Gasteiger partial charge in [0, 0.05) is 12.2 Å². The van der Waals surface area contributed by atoms with Gasteiger partial charge in [0.2, 0.25) is 0 Å². The van der Waals surface area contributed by atoms with E-state index in [1.54, 1.807) is 13.8 Å². The van der Waals surface area contributed by atoms with Gasteiger partial charge in [-0.3, -0.25) is 5.32 Å². The molecule has 3 N–H and O–H groups in total. The molecule has 0 aliphatic heterocycles. The average molecular weight is 323 g/mol. The lowest BCUT2D eigenvalue weighted by molar-refractivity contribution is 0.187. The summed E-state index contributed by atoms with van der Waals surface area (Å²) >= 11 is 0. The molecule has 20 heavy (non-hydrogen) atoms. The van der Waals surface area contributed by atoms with E-state index in [0.717, 1.165) is 0 Å². The Bertz CT molecular complexity index is 573. The largest absolute Gasteiger partial charge is 0.453 e. The maximum atomic E-state index is 12.1. The van der Waals surface area contributed by atoms with Crippen LogP contribution in [0, 0.1) is 0 Å². The van der Waals surface area contributed by atoms with Gasteiger partial charge in [0.05, 0.1) is 17.3 Å². The molecule has 0 radical (unpaired) electrons. The highest BCUT2D eigenvalue weighted by Gasteiger charge is 2.22. The number of carbonyl (C=O) groups excluding carboxylic acids is 1. The lowest BCUT2D eigenvalue weighted by Crippen LogP contribution is -2.18. The van der Waals surface area contributed by atoms with Crippen molar-refractivity contribution in [1.29, 1.82) is 0 Å². The van der Waals surface area contributed by atoms with Gasteiger partial charge in [-0.05, 0) is 37.6 Å². The van der Waals surface area contributed by atoms with E-state index in [-0.39, 0.29) is 23.8 Å². The minimum absolute atomic E-state index is 0. The van der Waals surface area contributed by atoms with Gasteiger partial charge in [0.15, 0.2) is 9.84 Å². The van der Waals surface area contributed by atoms with Crippen molar-refractivity contribution in [1.82, 2.24) is 0 Å². The van der Waals surface area contributed by atoms with Crippen molar-refractivity contribution in [2.75, 3.05) is 12.4 Å². The van der Waals surface area contributed by atoms with Crippen LogP contribution >= 0.6 is 12.4 Å².